The summed E-state index contributed by atoms with van der Waals surface area (Å²) in [7, 11) is -3.21. The summed E-state index contributed by atoms with van der Waals surface area (Å²) in [5.41, 5.74) is 0. The van der Waals surface area contributed by atoms with Gasteiger partial charge in [-0.2, -0.15) is 8.78 Å². The van der Waals surface area contributed by atoms with Gasteiger partial charge in [0.2, 0.25) is 9.84 Å². The monoisotopic (exact) mass is 378 g/mol. The molecule has 0 saturated heterocycles. The third-order valence-electron chi connectivity index (χ3n) is 2.45. The van der Waals surface area contributed by atoms with Crippen molar-refractivity contribution in [2.24, 2.45) is 0 Å². The van der Waals surface area contributed by atoms with Crippen LogP contribution in [0.1, 0.15) is 9.67 Å². The number of sulfone groups is 1. The number of halogens is 3. The highest BCUT2D eigenvalue weighted by atomic mass is 35.5. The Morgan fingerprint density at radius 1 is 1.36 bits per heavy atom. The number of nitrogens with one attached hydrogen (secondary N) is 2. The minimum absolute atomic E-state index is 0. The van der Waals surface area contributed by atoms with E-state index in [1.807, 2.05) is 0 Å². The molecule has 22 heavy (non-hydrogen) atoms. The molecule has 1 aromatic heterocycles. The summed E-state index contributed by atoms with van der Waals surface area (Å²) in [6, 6.07) is 1.01. The van der Waals surface area contributed by atoms with Crippen LogP contribution in [-0.4, -0.2) is 53.4 Å². The van der Waals surface area contributed by atoms with E-state index in [4.69, 9.17) is 4.74 Å². The summed E-state index contributed by atoms with van der Waals surface area (Å²) in [4.78, 5) is 11.0. The zero-order chi connectivity index (χ0) is 15.9. The lowest BCUT2D eigenvalue weighted by atomic mass is 10.4. The van der Waals surface area contributed by atoms with Crippen LogP contribution in [0, 0.1) is 0 Å². The first kappa shape index (κ1) is 21.2. The maximum absolute atomic E-state index is 12.5. The van der Waals surface area contributed by atoms with Crippen molar-refractivity contribution in [3.8, 4) is 0 Å². The minimum Gasteiger partial charge on any atom is -0.383 e. The first-order valence-electron chi connectivity index (χ1n) is 5.98. The van der Waals surface area contributed by atoms with Crippen molar-refractivity contribution in [1.29, 1.82) is 0 Å². The molecule has 0 aliphatic heterocycles. The molecule has 0 aliphatic carbocycles. The Bertz CT molecular complexity index is 566. The first-order valence-corrected chi connectivity index (χ1v) is 8.41. The van der Waals surface area contributed by atoms with Crippen LogP contribution in [0.5, 0.6) is 0 Å². The summed E-state index contributed by atoms with van der Waals surface area (Å²) in [6.07, 6.45) is 0. The predicted octanol–water partition coefficient (Wildman–Crippen LogP) is 1.13. The van der Waals surface area contributed by atoms with E-state index in [1.165, 1.54) is 5.38 Å². The van der Waals surface area contributed by atoms with Crippen molar-refractivity contribution in [1.82, 2.24) is 10.6 Å². The molecule has 0 unspecified atom stereocenters. The van der Waals surface area contributed by atoms with E-state index < -0.39 is 26.4 Å². The number of hydrogen-bond acceptors (Lipinski definition) is 6. The second kappa shape index (κ2) is 10.1. The Labute approximate surface area is 137 Å². The van der Waals surface area contributed by atoms with Gasteiger partial charge in [-0.1, -0.05) is 0 Å². The molecular weight excluding hydrogens is 362 g/mol. The summed E-state index contributed by atoms with van der Waals surface area (Å²) < 4.78 is 52.7. The Kier molecular flexibility index (Phi) is 9.69. The largest absolute Gasteiger partial charge is 0.383 e. The number of ether oxygens (including phenoxy) is 1. The van der Waals surface area contributed by atoms with Gasteiger partial charge in [0, 0.05) is 26.7 Å². The molecule has 0 fully saturated rings. The molecule has 1 amide bonds. The second-order valence-electron chi connectivity index (χ2n) is 3.92. The van der Waals surface area contributed by atoms with E-state index in [9.17, 15) is 22.0 Å². The van der Waals surface area contributed by atoms with E-state index >= 15 is 0 Å². The number of amides is 1. The topological polar surface area (TPSA) is 84.5 Å². The maximum Gasteiger partial charge on any atom is 0.341 e. The van der Waals surface area contributed by atoms with E-state index in [1.54, 1.807) is 7.11 Å². The number of hydrogen-bond donors (Lipinski definition) is 2. The molecule has 11 heteroatoms. The molecule has 0 radical (unpaired) electrons. The van der Waals surface area contributed by atoms with Crippen LogP contribution in [0.2, 0.25) is 0 Å². The number of carbonyl (C=O) groups excluding carboxylic acids is 1. The average molecular weight is 379 g/mol. The molecule has 0 aromatic carbocycles. The van der Waals surface area contributed by atoms with Gasteiger partial charge in [-0.15, -0.1) is 23.7 Å². The summed E-state index contributed by atoms with van der Waals surface area (Å²) in [5, 5.41) is 6.74. The molecule has 0 bridgehead atoms. The van der Waals surface area contributed by atoms with Crippen LogP contribution in [-0.2, 0) is 14.6 Å². The summed E-state index contributed by atoms with van der Waals surface area (Å²) in [6.45, 7) is 1.83. The standard InChI is InChI=1S/C11H16F2N2O4S2.ClH/c1-19-6-5-14-3-4-15-10(16)9-8(2-7-20-9)21(17,18)11(12)13;/h2,7,11,14H,3-6H2,1H3,(H,15,16);1H. The molecule has 1 rings (SSSR count). The van der Waals surface area contributed by atoms with Crippen molar-refractivity contribution in [2.45, 2.75) is 10.7 Å². The molecule has 0 spiro atoms. The van der Waals surface area contributed by atoms with Crippen LogP contribution in [0.25, 0.3) is 0 Å². The van der Waals surface area contributed by atoms with Gasteiger partial charge in [0.15, 0.2) is 0 Å². The minimum atomic E-state index is -4.77. The van der Waals surface area contributed by atoms with Crippen molar-refractivity contribution >= 4 is 39.5 Å². The highest BCUT2D eigenvalue weighted by Crippen LogP contribution is 2.26. The van der Waals surface area contributed by atoms with Gasteiger partial charge in [-0.25, -0.2) is 8.42 Å². The molecule has 0 atom stereocenters. The third-order valence-corrected chi connectivity index (χ3v) is 4.91. The highest BCUT2D eigenvalue weighted by Gasteiger charge is 2.31. The van der Waals surface area contributed by atoms with Gasteiger partial charge < -0.3 is 15.4 Å². The van der Waals surface area contributed by atoms with Crippen molar-refractivity contribution in [2.75, 3.05) is 33.4 Å². The van der Waals surface area contributed by atoms with Gasteiger partial charge in [0.05, 0.1) is 11.5 Å². The Morgan fingerprint density at radius 2 is 2.05 bits per heavy atom. The van der Waals surface area contributed by atoms with Gasteiger partial charge in [0.25, 0.3) is 5.91 Å². The van der Waals surface area contributed by atoms with Crippen LogP contribution in [0.15, 0.2) is 16.3 Å². The summed E-state index contributed by atoms with van der Waals surface area (Å²) in [5.74, 6) is -4.23. The lowest BCUT2D eigenvalue weighted by Gasteiger charge is -2.07. The zero-order valence-corrected chi connectivity index (χ0v) is 14.1. The molecule has 128 valence electrons. The van der Waals surface area contributed by atoms with Gasteiger partial charge in [0.1, 0.15) is 4.88 Å². The van der Waals surface area contributed by atoms with Crippen molar-refractivity contribution < 1.29 is 26.7 Å². The number of alkyl halides is 2. The van der Waals surface area contributed by atoms with E-state index in [2.05, 4.69) is 10.6 Å². The highest BCUT2D eigenvalue weighted by molar-refractivity contribution is 7.92. The molecule has 1 heterocycles. The SMILES string of the molecule is COCCNCCNC(=O)c1sccc1S(=O)(=O)C(F)F.Cl. The second-order valence-corrected chi connectivity index (χ2v) is 6.72. The van der Waals surface area contributed by atoms with Crippen molar-refractivity contribution in [3.05, 3.63) is 16.3 Å². The molecule has 1 aromatic rings. The fourth-order valence-electron chi connectivity index (χ4n) is 1.43. The Morgan fingerprint density at radius 3 is 2.64 bits per heavy atom. The fraction of sp³-hybridized carbons (Fsp3) is 0.545. The number of methoxy groups -OCH3 is 1. The molecule has 2 N–H and O–H groups in total. The van der Waals surface area contributed by atoms with Crippen LogP contribution < -0.4 is 10.6 Å². The maximum atomic E-state index is 12.5. The number of carbonyl (C=O) groups is 1. The predicted molar refractivity (Wildman–Crippen MR) is 81.8 cm³/mol. The average Bonchev–Trinajstić information content (AvgIpc) is 2.92. The van der Waals surface area contributed by atoms with Gasteiger partial charge in [-0.05, 0) is 11.4 Å². The van der Waals surface area contributed by atoms with E-state index in [0.717, 1.165) is 17.4 Å². The van der Waals surface area contributed by atoms with E-state index in [-0.39, 0.29) is 23.8 Å². The quantitative estimate of drug-likeness (QED) is 0.629. The van der Waals surface area contributed by atoms with Crippen LogP contribution in [0.3, 0.4) is 0 Å². The van der Waals surface area contributed by atoms with Crippen LogP contribution in [0.4, 0.5) is 8.78 Å². The van der Waals surface area contributed by atoms with Crippen LogP contribution >= 0.6 is 23.7 Å². The van der Waals surface area contributed by atoms with Gasteiger partial charge in [-0.3, -0.25) is 4.79 Å². The molecular formula is C11H17ClF2N2O4S2. The lowest BCUT2D eigenvalue weighted by molar-refractivity contribution is 0.0954. The molecule has 0 saturated carbocycles. The van der Waals surface area contributed by atoms with E-state index in [0.29, 0.717) is 19.7 Å². The number of rotatable bonds is 9. The smallest absolute Gasteiger partial charge is 0.341 e. The third kappa shape index (κ3) is 5.76. The first-order chi connectivity index (χ1) is 9.91. The molecule has 0 aliphatic rings. The fourth-order valence-corrected chi connectivity index (χ4v) is 3.51. The normalized spacial score (nSPS) is 11.3. The van der Waals surface area contributed by atoms with Crippen molar-refractivity contribution in [3.63, 3.8) is 0 Å². The van der Waals surface area contributed by atoms with Gasteiger partial charge >= 0.3 is 5.76 Å². The Hall–Kier alpha value is -0.810. The zero-order valence-electron chi connectivity index (χ0n) is 11.7. The number of thiophene rings is 1. The lowest BCUT2D eigenvalue weighted by Crippen LogP contribution is -2.33. The summed E-state index contributed by atoms with van der Waals surface area (Å²) >= 11 is 0.809. The molecule has 6 nitrogen and oxygen atoms in total. The Balaban J connectivity index is 0.00000441.